The van der Waals surface area contributed by atoms with Gasteiger partial charge in [0.05, 0.1) is 12.0 Å². The van der Waals surface area contributed by atoms with Crippen molar-refractivity contribution in [3.63, 3.8) is 0 Å². The van der Waals surface area contributed by atoms with E-state index in [4.69, 9.17) is 0 Å². The third kappa shape index (κ3) is 4.57. The molecule has 1 saturated carbocycles. The second-order valence-corrected chi connectivity index (χ2v) is 6.40. The van der Waals surface area contributed by atoms with Crippen LogP contribution in [0.15, 0.2) is 24.3 Å². The average Bonchev–Trinajstić information content (AvgIpc) is 2.90. The van der Waals surface area contributed by atoms with E-state index < -0.39 is 6.10 Å². The summed E-state index contributed by atoms with van der Waals surface area (Å²) in [4.78, 5) is 11.9. The summed E-state index contributed by atoms with van der Waals surface area (Å²) in [6.07, 6.45) is 4.03. The molecule has 0 bridgehead atoms. The second-order valence-electron chi connectivity index (χ2n) is 6.40. The van der Waals surface area contributed by atoms with E-state index in [1.54, 1.807) is 0 Å². The van der Waals surface area contributed by atoms with E-state index in [1.807, 2.05) is 0 Å². The smallest absolute Gasteiger partial charge is 0.225 e. The third-order valence-electron chi connectivity index (χ3n) is 4.40. The van der Waals surface area contributed by atoms with Gasteiger partial charge in [-0.15, -0.1) is 0 Å². The Balaban J connectivity index is 1.68. The number of rotatable bonds is 6. The van der Waals surface area contributed by atoms with Gasteiger partial charge in [-0.1, -0.05) is 38.1 Å². The van der Waals surface area contributed by atoms with E-state index in [9.17, 15) is 9.90 Å². The molecule has 2 rings (SSSR count). The highest BCUT2D eigenvalue weighted by Gasteiger charge is 2.30. The molecule has 3 nitrogen and oxygen atoms in total. The van der Waals surface area contributed by atoms with Crippen LogP contribution in [0, 0.1) is 5.92 Å². The van der Waals surface area contributed by atoms with E-state index in [1.165, 1.54) is 11.1 Å². The first-order valence-corrected chi connectivity index (χ1v) is 8.12. The molecular weight excluding hydrogens is 262 g/mol. The van der Waals surface area contributed by atoms with Crippen molar-refractivity contribution >= 4 is 5.91 Å². The van der Waals surface area contributed by atoms with Crippen LogP contribution in [-0.2, 0) is 11.2 Å². The number of carbonyl (C=O) groups excluding carboxylic acids is 1. The van der Waals surface area contributed by atoms with Crippen molar-refractivity contribution in [1.29, 1.82) is 0 Å². The topological polar surface area (TPSA) is 49.3 Å². The van der Waals surface area contributed by atoms with Gasteiger partial charge >= 0.3 is 0 Å². The Morgan fingerprint density at radius 3 is 2.57 bits per heavy atom. The zero-order valence-electron chi connectivity index (χ0n) is 13.1. The van der Waals surface area contributed by atoms with Gasteiger partial charge in [0.1, 0.15) is 0 Å². The zero-order valence-corrected chi connectivity index (χ0v) is 13.1. The van der Waals surface area contributed by atoms with Crippen LogP contribution in [0.2, 0.25) is 0 Å². The molecule has 1 amide bonds. The summed E-state index contributed by atoms with van der Waals surface area (Å²) in [6, 6.07) is 8.73. The number of aliphatic hydroxyl groups is 1. The van der Waals surface area contributed by atoms with Gasteiger partial charge in [0, 0.05) is 6.54 Å². The number of carbonyl (C=O) groups is 1. The van der Waals surface area contributed by atoms with Gasteiger partial charge in [0.2, 0.25) is 5.91 Å². The molecule has 0 radical (unpaired) electrons. The molecule has 2 N–H and O–H groups in total. The van der Waals surface area contributed by atoms with Crippen molar-refractivity contribution < 1.29 is 9.90 Å². The van der Waals surface area contributed by atoms with E-state index in [0.717, 1.165) is 32.1 Å². The summed E-state index contributed by atoms with van der Waals surface area (Å²) in [5.74, 6) is 0.404. The van der Waals surface area contributed by atoms with Gasteiger partial charge in [0.15, 0.2) is 0 Å². The number of benzene rings is 1. The molecule has 0 heterocycles. The van der Waals surface area contributed by atoms with Crippen molar-refractivity contribution in [3.8, 4) is 0 Å². The minimum Gasteiger partial charge on any atom is -0.392 e. The maximum Gasteiger partial charge on any atom is 0.225 e. The van der Waals surface area contributed by atoms with E-state index in [-0.39, 0.29) is 11.8 Å². The molecule has 1 aliphatic carbocycles. The van der Waals surface area contributed by atoms with Gasteiger partial charge in [-0.2, -0.15) is 0 Å². The molecule has 0 saturated heterocycles. The summed E-state index contributed by atoms with van der Waals surface area (Å²) < 4.78 is 0. The lowest BCUT2D eigenvalue weighted by Crippen LogP contribution is -2.35. The molecule has 1 fully saturated rings. The fourth-order valence-electron chi connectivity index (χ4n) is 2.95. The summed E-state index contributed by atoms with van der Waals surface area (Å²) >= 11 is 0. The normalized spacial score (nSPS) is 21.7. The molecule has 2 unspecified atom stereocenters. The number of hydrogen-bond donors (Lipinski definition) is 2. The molecule has 0 spiro atoms. The van der Waals surface area contributed by atoms with Crippen LogP contribution in [0.5, 0.6) is 0 Å². The summed E-state index contributed by atoms with van der Waals surface area (Å²) in [5, 5.41) is 12.7. The number of aryl methyl sites for hydroxylation is 1. The van der Waals surface area contributed by atoms with E-state index in [0.29, 0.717) is 12.5 Å². The van der Waals surface area contributed by atoms with Crippen molar-refractivity contribution in [3.05, 3.63) is 35.4 Å². The molecule has 2 atom stereocenters. The lowest BCUT2D eigenvalue weighted by Gasteiger charge is -2.14. The van der Waals surface area contributed by atoms with E-state index in [2.05, 4.69) is 43.4 Å². The monoisotopic (exact) mass is 289 g/mol. The molecule has 116 valence electrons. The summed E-state index contributed by atoms with van der Waals surface area (Å²) in [7, 11) is 0. The first-order valence-electron chi connectivity index (χ1n) is 8.12. The summed E-state index contributed by atoms with van der Waals surface area (Å²) in [5.41, 5.74) is 2.68. The number of nitrogens with one attached hydrogen (secondary N) is 1. The van der Waals surface area contributed by atoms with Crippen molar-refractivity contribution in [2.45, 2.75) is 58.0 Å². The minimum absolute atomic E-state index is 0.0233. The Labute approximate surface area is 127 Å². The molecular formula is C18H27NO2. The highest BCUT2D eigenvalue weighted by Crippen LogP contribution is 2.25. The Hall–Kier alpha value is -1.35. The number of aliphatic hydroxyl groups excluding tert-OH is 1. The molecule has 1 aliphatic rings. The Bertz CT molecular complexity index is 453. The van der Waals surface area contributed by atoms with Crippen molar-refractivity contribution in [2.24, 2.45) is 5.92 Å². The van der Waals surface area contributed by atoms with Crippen LogP contribution in [0.1, 0.15) is 56.6 Å². The molecule has 0 aliphatic heterocycles. The lowest BCUT2D eigenvalue weighted by atomic mass is 10.0. The fraction of sp³-hybridized carbons (Fsp3) is 0.611. The Morgan fingerprint density at radius 1 is 1.29 bits per heavy atom. The van der Waals surface area contributed by atoms with Gasteiger partial charge < -0.3 is 10.4 Å². The van der Waals surface area contributed by atoms with Gasteiger partial charge in [-0.3, -0.25) is 4.79 Å². The van der Waals surface area contributed by atoms with E-state index >= 15 is 0 Å². The quantitative estimate of drug-likeness (QED) is 0.791. The largest absolute Gasteiger partial charge is 0.392 e. The Kier molecular flexibility index (Phi) is 5.80. The van der Waals surface area contributed by atoms with Gasteiger partial charge in [0.25, 0.3) is 0 Å². The SMILES string of the molecule is CC(C)c1ccc(CCCNC(=O)C2CCCC2O)cc1. The van der Waals surface area contributed by atoms with Crippen LogP contribution in [0.3, 0.4) is 0 Å². The maximum absolute atomic E-state index is 11.9. The van der Waals surface area contributed by atoms with Crippen LogP contribution < -0.4 is 5.32 Å². The average molecular weight is 289 g/mol. The number of amides is 1. The van der Waals surface area contributed by atoms with Crippen LogP contribution >= 0.6 is 0 Å². The standard InChI is InChI=1S/C18H27NO2/c1-13(2)15-10-8-14(9-11-15)5-4-12-19-18(21)16-6-3-7-17(16)20/h8-11,13,16-17,20H,3-7,12H2,1-2H3,(H,19,21). The minimum atomic E-state index is -0.437. The van der Waals surface area contributed by atoms with Crippen LogP contribution in [0.4, 0.5) is 0 Å². The molecule has 21 heavy (non-hydrogen) atoms. The predicted molar refractivity (Wildman–Crippen MR) is 85.2 cm³/mol. The molecule has 1 aromatic carbocycles. The van der Waals surface area contributed by atoms with Gasteiger partial charge in [-0.25, -0.2) is 0 Å². The lowest BCUT2D eigenvalue weighted by molar-refractivity contribution is -0.127. The van der Waals surface area contributed by atoms with Crippen molar-refractivity contribution in [2.75, 3.05) is 6.54 Å². The third-order valence-corrected chi connectivity index (χ3v) is 4.40. The van der Waals surface area contributed by atoms with Crippen LogP contribution in [-0.4, -0.2) is 23.7 Å². The van der Waals surface area contributed by atoms with Crippen molar-refractivity contribution in [1.82, 2.24) is 5.32 Å². The molecule has 1 aromatic rings. The maximum atomic E-state index is 11.9. The second kappa shape index (κ2) is 7.60. The summed E-state index contributed by atoms with van der Waals surface area (Å²) in [6.45, 7) is 5.08. The van der Waals surface area contributed by atoms with Crippen LogP contribution in [0.25, 0.3) is 0 Å². The number of hydrogen-bond acceptors (Lipinski definition) is 2. The first-order chi connectivity index (χ1) is 10.1. The predicted octanol–water partition coefficient (Wildman–Crippen LogP) is 3.02. The Morgan fingerprint density at radius 2 is 2.00 bits per heavy atom. The molecule has 0 aromatic heterocycles. The highest BCUT2D eigenvalue weighted by atomic mass is 16.3. The molecule has 3 heteroatoms. The highest BCUT2D eigenvalue weighted by molar-refractivity contribution is 5.79. The first kappa shape index (κ1) is 16.0. The fourth-order valence-corrected chi connectivity index (χ4v) is 2.95. The zero-order chi connectivity index (χ0) is 15.2. The van der Waals surface area contributed by atoms with Gasteiger partial charge in [-0.05, 0) is 49.1 Å².